The van der Waals surface area contributed by atoms with Gasteiger partial charge in [-0.3, -0.25) is 0 Å². The van der Waals surface area contributed by atoms with Crippen LogP contribution in [0.4, 0.5) is 26.2 Å². The van der Waals surface area contributed by atoms with Crippen molar-refractivity contribution >= 4 is 17.5 Å². The first-order valence-electron chi connectivity index (χ1n) is 5.29. The lowest BCUT2D eigenvalue weighted by molar-refractivity contribution is 0.595. The van der Waals surface area contributed by atoms with Crippen molar-refractivity contribution in [1.82, 2.24) is 9.97 Å². The van der Waals surface area contributed by atoms with Gasteiger partial charge >= 0.3 is 0 Å². The second-order valence-corrected chi connectivity index (χ2v) is 3.96. The molecule has 0 spiro atoms. The zero-order chi connectivity index (χ0) is 13.3. The van der Waals surface area contributed by atoms with E-state index in [1.807, 2.05) is 0 Å². The van der Waals surface area contributed by atoms with Crippen molar-refractivity contribution in [1.29, 1.82) is 0 Å². The van der Waals surface area contributed by atoms with Crippen molar-refractivity contribution in [2.24, 2.45) is 0 Å². The Morgan fingerprint density at radius 1 is 1.06 bits per heavy atom. The molecule has 1 heterocycles. The largest absolute Gasteiger partial charge is 0.368 e. The minimum absolute atomic E-state index is 0.00981. The van der Waals surface area contributed by atoms with E-state index in [2.05, 4.69) is 15.3 Å². The molecular weight excluding hydrogens is 238 g/mol. The van der Waals surface area contributed by atoms with E-state index < -0.39 is 11.6 Å². The Morgan fingerprint density at radius 3 is 2.44 bits per heavy atom. The van der Waals surface area contributed by atoms with Gasteiger partial charge in [-0.1, -0.05) is 0 Å². The lowest BCUT2D eigenvalue weighted by Gasteiger charge is -2.09. The molecule has 0 unspecified atom stereocenters. The summed E-state index contributed by atoms with van der Waals surface area (Å²) in [5.41, 5.74) is 6.37. The van der Waals surface area contributed by atoms with Gasteiger partial charge in [0.25, 0.3) is 0 Å². The molecular formula is C12H12F2N4. The SMILES string of the molecule is Cc1cc(Nc2cc(F)c(C)cc2F)nc(N)n1. The number of benzene rings is 1. The Kier molecular flexibility index (Phi) is 3.10. The smallest absolute Gasteiger partial charge is 0.222 e. The lowest BCUT2D eigenvalue weighted by Crippen LogP contribution is -2.03. The van der Waals surface area contributed by atoms with E-state index in [4.69, 9.17) is 5.73 Å². The summed E-state index contributed by atoms with van der Waals surface area (Å²) in [7, 11) is 0. The van der Waals surface area contributed by atoms with Crippen LogP contribution in [-0.2, 0) is 0 Å². The van der Waals surface area contributed by atoms with Crippen molar-refractivity contribution in [2.75, 3.05) is 11.1 Å². The van der Waals surface area contributed by atoms with Crippen LogP contribution in [0.3, 0.4) is 0 Å². The first-order valence-corrected chi connectivity index (χ1v) is 5.29. The third-order valence-corrected chi connectivity index (χ3v) is 2.38. The van der Waals surface area contributed by atoms with E-state index in [1.165, 1.54) is 6.92 Å². The molecule has 0 bridgehead atoms. The maximum absolute atomic E-state index is 13.6. The number of nitrogens with zero attached hydrogens (tertiary/aromatic N) is 2. The van der Waals surface area contributed by atoms with Crippen molar-refractivity contribution in [3.63, 3.8) is 0 Å². The molecule has 18 heavy (non-hydrogen) atoms. The molecule has 2 rings (SSSR count). The highest BCUT2D eigenvalue weighted by Gasteiger charge is 2.08. The third-order valence-electron chi connectivity index (χ3n) is 2.38. The Balaban J connectivity index is 2.36. The molecule has 0 saturated heterocycles. The minimum atomic E-state index is -0.552. The van der Waals surface area contributed by atoms with Crippen LogP contribution in [0.15, 0.2) is 18.2 Å². The highest BCUT2D eigenvalue weighted by molar-refractivity contribution is 5.58. The fourth-order valence-electron chi connectivity index (χ4n) is 1.54. The normalized spacial score (nSPS) is 10.4. The number of hydrogen-bond acceptors (Lipinski definition) is 4. The summed E-state index contributed by atoms with van der Waals surface area (Å²) >= 11 is 0. The van der Waals surface area contributed by atoms with Crippen LogP contribution in [0.2, 0.25) is 0 Å². The number of nitrogens with two attached hydrogens (primary N) is 1. The Bertz CT molecular complexity index is 579. The second kappa shape index (κ2) is 4.56. The van der Waals surface area contributed by atoms with E-state index in [9.17, 15) is 8.78 Å². The first-order chi connectivity index (χ1) is 8.45. The van der Waals surface area contributed by atoms with Crippen LogP contribution < -0.4 is 11.1 Å². The van der Waals surface area contributed by atoms with E-state index in [-0.39, 0.29) is 17.2 Å². The molecule has 0 atom stereocenters. The standard InChI is InChI=1S/C12H12F2N4/c1-6-3-9(14)10(5-8(6)13)17-11-4-7(2)16-12(15)18-11/h3-5H,1-2H3,(H3,15,16,17,18). The summed E-state index contributed by atoms with van der Waals surface area (Å²) in [6, 6.07) is 3.79. The molecule has 1 aromatic heterocycles. The van der Waals surface area contributed by atoms with Gasteiger partial charge in [-0.2, -0.15) is 4.98 Å². The summed E-state index contributed by atoms with van der Waals surface area (Å²) in [5, 5.41) is 2.68. The van der Waals surface area contributed by atoms with E-state index in [0.717, 1.165) is 12.1 Å². The maximum Gasteiger partial charge on any atom is 0.222 e. The molecule has 2 aromatic rings. The van der Waals surface area contributed by atoms with Gasteiger partial charge in [0, 0.05) is 17.8 Å². The summed E-state index contributed by atoms with van der Waals surface area (Å²) in [6.07, 6.45) is 0. The van der Waals surface area contributed by atoms with Gasteiger partial charge in [0.15, 0.2) is 0 Å². The Hall–Kier alpha value is -2.24. The molecule has 0 aliphatic carbocycles. The van der Waals surface area contributed by atoms with Crippen molar-refractivity contribution in [3.8, 4) is 0 Å². The van der Waals surface area contributed by atoms with Crippen molar-refractivity contribution < 1.29 is 8.78 Å². The van der Waals surface area contributed by atoms with E-state index in [1.54, 1.807) is 13.0 Å². The van der Waals surface area contributed by atoms with Gasteiger partial charge in [0.05, 0.1) is 5.69 Å². The molecule has 4 nitrogen and oxygen atoms in total. The molecule has 0 saturated carbocycles. The van der Waals surface area contributed by atoms with Gasteiger partial charge < -0.3 is 11.1 Å². The number of rotatable bonds is 2. The molecule has 1 aromatic carbocycles. The van der Waals surface area contributed by atoms with Crippen LogP contribution in [-0.4, -0.2) is 9.97 Å². The number of nitrogens with one attached hydrogen (secondary N) is 1. The average molecular weight is 250 g/mol. The number of hydrogen-bond donors (Lipinski definition) is 2. The van der Waals surface area contributed by atoms with E-state index >= 15 is 0 Å². The fourth-order valence-corrected chi connectivity index (χ4v) is 1.54. The number of anilines is 3. The van der Waals surface area contributed by atoms with Crippen LogP contribution in [0.5, 0.6) is 0 Å². The minimum Gasteiger partial charge on any atom is -0.368 e. The van der Waals surface area contributed by atoms with Gasteiger partial charge in [0.2, 0.25) is 5.95 Å². The summed E-state index contributed by atoms with van der Waals surface area (Å²) in [5.74, 6) is -0.644. The highest BCUT2D eigenvalue weighted by atomic mass is 19.1. The predicted octanol–water partition coefficient (Wildman–Crippen LogP) is 2.70. The summed E-state index contributed by atoms with van der Waals surface area (Å²) in [6.45, 7) is 3.23. The Labute approximate surface area is 103 Å². The van der Waals surface area contributed by atoms with E-state index in [0.29, 0.717) is 11.5 Å². The number of aryl methyl sites for hydroxylation is 2. The summed E-state index contributed by atoms with van der Waals surface area (Å²) in [4.78, 5) is 7.78. The predicted molar refractivity (Wildman–Crippen MR) is 65.6 cm³/mol. The van der Waals surface area contributed by atoms with Crippen LogP contribution in [0, 0.1) is 25.5 Å². The average Bonchev–Trinajstić information content (AvgIpc) is 2.24. The van der Waals surface area contributed by atoms with Crippen LogP contribution in [0.25, 0.3) is 0 Å². The topological polar surface area (TPSA) is 63.8 Å². The second-order valence-electron chi connectivity index (χ2n) is 3.96. The highest BCUT2D eigenvalue weighted by Crippen LogP contribution is 2.22. The quantitative estimate of drug-likeness (QED) is 0.860. The molecule has 0 aliphatic rings. The van der Waals surface area contributed by atoms with Crippen LogP contribution >= 0.6 is 0 Å². The zero-order valence-corrected chi connectivity index (χ0v) is 9.96. The molecule has 0 amide bonds. The zero-order valence-electron chi connectivity index (χ0n) is 9.96. The first kappa shape index (κ1) is 12.2. The van der Waals surface area contributed by atoms with Gasteiger partial charge in [-0.05, 0) is 25.5 Å². The molecule has 0 radical (unpaired) electrons. The fraction of sp³-hybridized carbons (Fsp3) is 0.167. The number of nitrogen functional groups attached to an aromatic ring is 1. The van der Waals surface area contributed by atoms with Gasteiger partial charge in [-0.25, -0.2) is 13.8 Å². The molecule has 0 aliphatic heterocycles. The third kappa shape index (κ3) is 2.53. The number of aromatic nitrogens is 2. The summed E-state index contributed by atoms with van der Waals surface area (Å²) < 4.78 is 27.0. The van der Waals surface area contributed by atoms with Gasteiger partial charge in [-0.15, -0.1) is 0 Å². The van der Waals surface area contributed by atoms with Crippen LogP contribution in [0.1, 0.15) is 11.3 Å². The van der Waals surface area contributed by atoms with Crippen molar-refractivity contribution in [2.45, 2.75) is 13.8 Å². The molecule has 6 heteroatoms. The van der Waals surface area contributed by atoms with Gasteiger partial charge in [0.1, 0.15) is 17.5 Å². The molecule has 3 N–H and O–H groups in total. The maximum atomic E-state index is 13.6. The number of halogens is 2. The monoisotopic (exact) mass is 250 g/mol. The van der Waals surface area contributed by atoms with Crippen molar-refractivity contribution in [3.05, 3.63) is 41.1 Å². The molecule has 0 fully saturated rings. The lowest BCUT2D eigenvalue weighted by atomic mass is 10.2. The Morgan fingerprint density at radius 2 is 1.78 bits per heavy atom. The molecule has 94 valence electrons.